The van der Waals surface area contributed by atoms with E-state index in [9.17, 15) is 10.2 Å². The fourth-order valence-corrected chi connectivity index (χ4v) is 6.65. The molecule has 6 saturated carbocycles. The van der Waals surface area contributed by atoms with Crippen LogP contribution < -0.4 is 0 Å². The molecular weight excluding hydrogens is 176 g/mol. The van der Waals surface area contributed by atoms with Gasteiger partial charge < -0.3 is 10.2 Å². The molecule has 10 atom stereocenters. The van der Waals surface area contributed by atoms with E-state index in [1.165, 1.54) is 12.8 Å². The summed E-state index contributed by atoms with van der Waals surface area (Å²) in [7, 11) is 0. The van der Waals surface area contributed by atoms with E-state index in [1.807, 2.05) is 0 Å². The van der Waals surface area contributed by atoms with Crippen LogP contribution in [0.25, 0.3) is 0 Å². The molecule has 0 saturated heterocycles. The molecule has 0 heterocycles. The van der Waals surface area contributed by atoms with E-state index >= 15 is 0 Å². The Kier molecular flexibility index (Phi) is 0.931. The minimum absolute atomic E-state index is 0.0371. The third-order valence-electron chi connectivity index (χ3n) is 6.61. The maximum atomic E-state index is 10.2. The Morgan fingerprint density at radius 3 is 1.43 bits per heavy atom. The SMILES string of the molecule is O[C@@H]1[C@@H]2C3[C@H]4[C@@H]5CC[C@H]([C@@H]24)[C@H]1[C@@H]5[C@H]3O. The summed E-state index contributed by atoms with van der Waals surface area (Å²) in [4.78, 5) is 0. The van der Waals surface area contributed by atoms with E-state index in [4.69, 9.17) is 0 Å². The summed E-state index contributed by atoms with van der Waals surface area (Å²) >= 11 is 0. The van der Waals surface area contributed by atoms with Gasteiger partial charge in [0.15, 0.2) is 0 Å². The zero-order chi connectivity index (χ0) is 9.19. The first-order valence-corrected chi connectivity index (χ1v) is 6.17. The number of fused-ring (bicyclic) bond motifs is 2. The van der Waals surface area contributed by atoms with Crippen LogP contribution in [0.5, 0.6) is 0 Å². The normalized spacial score (nSPS) is 81.0. The van der Waals surface area contributed by atoms with Gasteiger partial charge in [-0.2, -0.15) is 0 Å². The van der Waals surface area contributed by atoms with E-state index < -0.39 is 0 Å². The van der Waals surface area contributed by atoms with Crippen LogP contribution in [-0.4, -0.2) is 22.4 Å². The van der Waals surface area contributed by atoms with Crippen molar-refractivity contribution >= 4 is 0 Å². The molecular formula is C12H16O2. The predicted octanol–water partition coefficient (Wildman–Crippen LogP) is 0.486. The molecule has 14 heavy (non-hydrogen) atoms. The molecule has 2 heteroatoms. The predicted molar refractivity (Wildman–Crippen MR) is 49.2 cm³/mol. The van der Waals surface area contributed by atoms with Gasteiger partial charge in [-0.1, -0.05) is 0 Å². The van der Waals surface area contributed by atoms with Gasteiger partial charge in [0, 0.05) is 0 Å². The zero-order valence-electron chi connectivity index (χ0n) is 8.08. The third kappa shape index (κ3) is 0.439. The van der Waals surface area contributed by atoms with Gasteiger partial charge in [0.05, 0.1) is 12.2 Å². The maximum absolute atomic E-state index is 10.2. The first-order chi connectivity index (χ1) is 6.80. The number of hydrogen-bond acceptors (Lipinski definition) is 2. The minimum Gasteiger partial charge on any atom is -0.393 e. The number of hydrogen-bond donors (Lipinski definition) is 2. The average molecular weight is 192 g/mol. The van der Waals surface area contributed by atoms with E-state index in [1.54, 1.807) is 0 Å². The highest BCUT2D eigenvalue weighted by Gasteiger charge is 2.80. The molecule has 0 aromatic carbocycles. The molecule has 2 N–H and O–H groups in total. The van der Waals surface area contributed by atoms with Gasteiger partial charge in [-0.25, -0.2) is 0 Å². The average Bonchev–Trinajstić information content (AvgIpc) is 2.40. The van der Waals surface area contributed by atoms with Crippen LogP contribution in [0, 0.1) is 47.3 Å². The number of aliphatic hydroxyl groups excluding tert-OH is 2. The van der Waals surface area contributed by atoms with Crippen molar-refractivity contribution in [2.24, 2.45) is 47.3 Å². The standard InChI is InChI=1S/C12H16O2/c13-11-7-3-1-2-4-6-5(3)9(11)10(6)12(14)8(4)7/h3-14H,1-2H2/t3-,4+,5-,6+,7+,8-,9+,10?,11+,12-/m1/s1. The van der Waals surface area contributed by atoms with Crippen molar-refractivity contribution in [1.29, 1.82) is 0 Å². The summed E-state index contributed by atoms with van der Waals surface area (Å²) in [5, 5.41) is 20.5. The Morgan fingerprint density at radius 1 is 0.571 bits per heavy atom. The van der Waals surface area contributed by atoms with Crippen LogP contribution in [0.2, 0.25) is 0 Å². The van der Waals surface area contributed by atoms with Crippen molar-refractivity contribution in [1.82, 2.24) is 0 Å². The topological polar surface area (TPSA) is 40.5 Å². The van der Waals surface area contributed by atoms with Gasteiger partial charge in [-0.15, -0.1) is 0 Å². The Bertz CT molecular complexity index is 276. The van der Waals surface area contributed by atoms with Crippen molar-refractivity contribution in [3.05, 3.63) is 0 Å². The Labute approximate surface area is 83.3 Å². The second-order valence-electron chi connectivity index (χ2n) is 6.35. The molecule has 0 aromatic rings. The first kappa shape index (κ1) is 7.24. The Morgan fingerprint density at radius 2 is 1.00 bits per heavy atom. The van der Waals surface area contributed by atoms with E-state index in [-0.39, 0.29) is 12.2 Å². The van der Waals surface area contributed by atoms with Crippen molar-refractivity contribution in [3.63, 3.8) is 0 Å². The van der Waals surface area contributed by atoms with E-state index in [2.05, 4.69) is 0 Å². The lowest BCUT2D eigenvalue weighted by atomic mass is 9.50. The van der Waals surface area contributed by atoms with Crippen LogP contribution in [0.3, 0.4) is 0 Å². The van der Waals surface area contributed by atoms with Crippen molar-refractivity contribution in [2.75, 3.05) is 0 Å². The molecule has 6 fully saturated rings. The summed E-state index contributed by atoms with van der Waals surface area (Å²) in [6, 6.07) is 0. The third-order valence-corrected chi connectivity index (χ3v) is 6.61. The zero-order valence-corrected chi connectivity index (χ0v) is 8.08. The maximum Gasteiger partial charge on any atom is 0.0609 e. The first-order valence-electron chi connectivity index (χ1n) is 6.17. The molecule has 0 amide bonds. The molecule has 6 aliphatic rings. The van der Waals surface area contributed by atoms with Gasteiger partial charge in [0.2, 0.25) is 0 Å². The molecule has 0 aliphatic heterocycles. The van der Waals surface area contributed by atoms with E-state index in [0.717, 1.165) is 23.7 Å². The summed E-state index contributed by atoms with van der Waals surface area (Å²) in [6.45, 7) is 0. The number of aliphatic hydroxyl groups is 2. The number of rotatable bonds is 0. The fourth-order valence-electron chi connectivity index (χ4n) is 6.65. The lowest BCUT2D eigenvalue weighted by Crippen LogP contribution is -2.53. The lowest BCUT2D eigenvalue weighted by molar-refractivity contribution is -0.114. The highest BCUT2D eigenvalue weighted by Crippen LogP contribution is 2.79. The van der Waals surface area contributed by atoms with Crippen molar-refractivity contribution in [3.8, 4) is 0 Å². The second kappa shape index (κ2) is 1.80. The van der Waals surface area contributed by atoms with Crippen molar-refractivity contribution < 1.29 is 10.2 Å². The molecule has 76 valence electrons. The van der Waals surface area contributed by atoms with Gasteiger partial charge >= 0.3 is 0 Å². The summed E-state index contributed by atoms with van der Waals surface area (Å²) in [5.74, 6) is 5.24. The Hall–Kier alpha value is -0.0800. The van der Waals surface area contributed by atoms with Gasteiger partial charge in [-0.05, 0) is 60.2 Å². The quantitative estimate of drug-likeness (QED) is 0.586. The molecule has 0 spiro atoms. The molecule has 0 aromatic heterocycles. The fraction of sp³-hybridized carbons (Fsp3) is 1.00. The van der Waals surface area contributed by atoms with Gasteiger partial charge in [-0.3, -0.25) is 0 Å². The molecule has 2 nitrogen and oxygen atoms in total. The molecule has 1 unspecified atom stereocenters. The largest absolute Gasteiger partial charge is 0.393 e. The van der Waals surface area contributed by atoms with Crippen LogP contribution in [-0.2, 0) is 0 Å². The summed E-state index contributed by atoms with van der Waals surface area (Å²) in [6.07, 6.45) is 2.62. The smallest absolute Gasteiger partial charge is 0.0609 e. The van der Waals surface area contributed by atoms with Crippen LogP contribution >= 0.6 is 0 Å². The molecule has 6 aliphatic carbocycles. The lowest BCUT2D eigenvalue weighted by Gasteiger charge is -2.54. The highest BCUT2D eigenvalue weighted by molar-refractivity contribution is 5.28. The Balaban J connectivity index is 1.78. The molecule has 0 radical (unpaired) electrons. The molecule has 6 bridgehead atoms. The van der Waals surface area contributed by atoms with Gasteiger partial charge in [0.25, 0.3) is 0 Å². The van der Waals surface area contributed by atoms with Crippen LogP contribution in [0.4, 0.5) is 0 Å². The summed E-state index contributed by atoms with van der Waals surface area (Å²) in [5.41, 5.74) is 0. The van der Waals surface area contributed by atoms with Crippen LogP contribution in [0.1, 0.15) is 12.8 Å². The minimum atomic E-state index is -0.0371. The monoisotopic (exact) mass is 192 g/mol. The van der Waals surface area contributed by atoms with Crippen LogP contribution in [0.15, 0.2) is 0 Å². The summed E-state index contributed by atoms with van der Waals surface area (Å²) < 4.78 is 0. The molecule has 6 rings (SSSR count). The van der Waals surface area contributed by atoms with Gasteiger partial charge in [0.1, 0.15) is 0 Å². The van der Waals surface area contributed by atoms with Crippen molar-refractivity contribution in [2.45, 2.75) is 25.0 Å². The highest BCUT2D eigenvalue weighted by atomic mass is 16.3. The second-order valence-corrected chi connectivity index (χ2v) is 6.35. The van der Waals surface area contributed by atoms with E-state index in [0.29, 0.717) is 23.7 Å².